The fourth-order valence-electron chi connectivity index (χ4n) is 0.625. The Kier molecular flexibility index (Phi) is 6.11. The molecule has 3 heteroatoms. The molecular formula is C4H11NOP+. The molecule has 1 aliphatic rings. The predicted molar refractivity (Wildman–Crippen MR) is 32.5 cm³/mol. The van der Waals surface area contributed by atoms with Gasteiger partial charge in [0.2, 0.25) is 0 Å². The molecule has 1 saturated heterocycles. The summed E-state index contributed by atoms with van der Waals surface area (Å²) in [6.07, 6.45) is 2.78. The van der Waals surface area contributed by atoms with Gasteiger partial charge in [0.25, 0.3) is 0 Å². The van der Waals surface area contributed by atoms with Crippen molar-refractivity contribution < 1.29 is 4.57 Å². The van der Waals surface area contributed by atoms with Crippen LogP contribution in [0.5, 0.6) is 0 Å². The lowest BCUT2D eigenvalue weighted by molar-refractivity contribution is 0.607. The molecule has 0 bridgehead atoms. The fraction of sp³-hybridized carbons (Fsp3) is 1.00. The highest BCUT2D eigenvalue weighted by molar-refractivity contribution is 7.00. The van der Waals surface area contributed by atoms with Crippen LogP contribution >= 0.6 is 9.12 Å². The molecule has 2 nitrogen and oxygen atoms in total. The second-order valence-corrected chi connectivity index (χ2v) is 1.46. The van der Waals surface area contributed by atoms with Crippen molar-refractivity contribution in [3.05, 3.63) is 0 Å². The van der Waals surface area contributed by atoms with E-state index in [1.165, 1.54) is 35.1 Å². The summed E-state index contributed by atoms with van der Waals surface area (Å²) in [7, 11) is 1.17. The minimum Gasteiger partial charge on any atom is -0.317 e. The van der Waals surface area contributed by atoms with Crippen LogP contribution < -0.4 is 5.32 Å². The van der Waals surface area contributed by atoms with E-state index >= 15 is 0 Å². The third-order valence-corrected chi connectivity index (χ3v) is 0.957. The third-order valence-electron chi connectivity index (χ3n) is 0.957. The summed E-state index contributed by atoms with van der Waals surface area (Å²) < 4.78 is 8.17. The first-order valence-electron chi connectivity index (χ1n) is 2.44. The molecule has 42 valence electrons. The first-order chi connectivity index (χ1) is 3.50. The fourth-order valence-corrected chi connectivity index (χ4v) is 0.625. The Bertz CT molecular complexity index is 31.1. The summed E-state index contributed by atoms with van der Waals surface area (Å²) in [5.41, 5.74) is 0. The molecule has 1 N–H and O–H groups in total. The van der Waals surface area contributed by atoms with E-state index in [0.717, 1.165) is 0 Å². The summed E-state index contributed by atoms with van der Waals surface area (Å²) in [5.74, 6) is 0. The van der Waals surface area contributed by atoms with E-state index in [0.29, 0.717) is 0 Å². The zero-order valence-corrected chi connectivity index (χ0v) is 5.47. The lowest BCUT2D eigenvalue weighted by Gasteiger charge is -1.76. The van der Waals surface area contributed by atoms with E-state index in [9.17, 15) is 0 Å². The molecule has 0 aliphatic carbocycles. The van der Waals surface area contributed by atoms with Crippen LogP contribution in [0.4, 0.5) is 0 Å². The minimum atomic E-state index is 1.17. The van der Waals surface area contributed by atoms with E-state index in [4.69, 9.17) is 4.57 Å². The second kappa shape index (κ2) is 6.06. The van der Waals surface area contributed by atoms with Gasteiger partial charge in [-0.15, -0.1) is 0 Å². The minimum absolute atomic E-state index is 1.17. The highest BCUT2D eigenvalue weighted by Crippen LogP contribution is 1.90. The zero-order valence-electron chi connectivity index (χ0n) is 4.31. The van der Waals surface area contributed by atoms with Crippen LogP contribution in [0.2, 0.25) is 0 Å². The highest BCUT2D eigenvalue weighted by Gasteiger charge is 1.93. The molecule has 0 radical (unpaired) electrons. The number of hydrogen-bond acceptors (Lipinski definition) is 2. The average molecular weight is 120 g/mol. The van der Waals surface area contributed by atoms with Crippen molar-refractivity contribution in [3.8, 4) is 0 Å². The molecule has 0 spiro atoms. The molecule has 1 fully saturated rings. The quantitative estimate of drug-likeness (QED) is 0.474. The van der Waals surface area contributed by atoms with Gasteiger partial charge < -0.3 is 5.32 Å². The standard InChI is InChI=1S/C4H9N.H2OP/c1-2-4-5-3-1;1-2/h5H,1-4H2;2H2/q;+1. The Hall–Kier alpha value is 0.0600. The van der Waals surface area contributed by atoms with Crippen LogP contribution in [-0.2, 0) is 4.57 Å². The lowest BCUT2D eigenvalue weighted by atomic mass is 10.4. The smallest absolute Gasteiger partial charge is 0.310 e. The summed E-state index contributed by atoms with van der Waals surface area (Å²) in [6.45, 7) is 2.50. The van der Waals surface area contributed by atoms with E-state index in [1.807, 2.05) is 0 Å². The molecule has 1 rings (SSSR count). The molecule has 1 aliphatic heterocycles. The lowest BCUT2D eigenvalue weighted by Crippen LogP contribution is -2.03. The van der Waals surface area contributed by atoms with Crippen molar-refractivity contribution in [1.82, 2.24) is 5.32 Å². The van der Waals surface area contributed by atoms with Crippen LogP contribution in [0.1, 0.15) is 12.8 Å². The van der Waals surface area contributed by atoms with Crippen LogP contribution in [0.25, 0.3) is 0 Å². The van der Waals surface area contributed by atoms with Gasteiger partial charge in [-0.1, -0.05) is 4.57 Å². The molecule has 0 aromatic heterocycles. The van der Waals surface area contributed by atoms with Gasteiger partial charge >= 0.3 is 9.12 Å². The van der Waals surface area contributed by atoms with E-state index in [-0.39, 0.29) is 0 Å². The van der Waals surface area contributed by atoms with Crippen molar-refractivity contribution in [2.45, 2.75) is 12.8 Å². The number of hydrogen-bond donors (Lipinski definition) is 1. The number of rotatable bonds is 0. The first-order valence-corrected chi connectivity index (χ1v) is 2.91. The summed E-state index contributed by atoms with van der Waals surface area (Å²) in [6, 6.07) is 0. The van der Waals surface area contributed by atoms with Gasteiger partial charge in [0.05, 0.1) is 0 Å². The van der Waals surface area contributed by atoms with Gasteiger partial charge in [-0.25, -0.2) is 0 Å². The van der Waals surface area contributed by atoms with Gasteiger partial charge in [0, 0.05) is 0 Å². The van der Waals surface area contributed by atoms with Crippen molar-refractivity contribution in [2.24, 2.45) is 0 Å². The Morgan fingerprint density at radius 2 is 1.57 bits per heavy atom. The molecule has 0 aromatic carbocycles. The number of nitrogens with one attached hydrogen (secondary N) is 1. The van der Waals surface area contributed by atoms with Gasteiger partial charge in [0.15, 0.2) is 0 Å². The van der Waals surface area contributed by atoms with Crippen molar-refractivity contribution in [3.63, 3.8) is 0 Å². The van der Waals surface area contributed by atoms with E-state index in [1.54, 1.807) is 0 Å². The monoisotopic (exact) mass is 120 g/mol. The molecule has 0 saturated carbocycles. The SMILES string of the molecule is C1CCNC1.O=[PH2+]. The Balaban J connectivity index is 0.000000162. The highest BCUT2D eigenvalue weighted by atomic mass is 31.0. The largest absolute Gasteiger partial charge is 0.317 e. The molecule has 0 amide bonds. The third kappa shape index (κ3) is 3.90. The summed E-state index contributed by atoms with van der Waals surface area (Å²) in [5, 5.41) is 3.22. The Morgan fingerprint density at radius 1 is 1.14 bits per heavy atom. The normalized spacial score (nSPS) is 17.7. The Morgan fingerprint density at radius 3 is 1.71 bits per heavy atom. The van der Waals surface area contributed by atoms with Gasteiger partial charge in [0.1, 0.15) is 0 Å². The molecule has 1 heterocycles. The maximum absolute atomic E-state index is 8.17. The molecular weight excluding hydrogens is 109 g/mol. The van der Waals surface area contributed by atoms with Gasteiger partial charge in [-0.2, -0.15) is 0 Å². The van der Waals surface area contributed by atoms with Crippen LogP contribution in [-0.4, -0.2) is 13.1 Å². The molecule has 0 aromatic rings. The average Bonchev–Trinajstić information content (AvgIpc) is 2.23. The van der Waals surface area contributed by atoms with Crippen molar-refractivity contribution in [1.29, 1.82) is 0 Å². The van der Waals surface area contributed by atoms with Gasteiger partial charge in [-0.3, -0.25) is 0 Å². The van der Waals surface area contributed by atoms with E-state index in [2.05, 4.69) is 5.32 Å². The molecule has 7 heavy (non-hydrogen) atoms. The van der Waals surface area contributed by atoms with Crippen LogP contribution in [0.3, 0.4) is 0 Å². The van der Waals surface area contributed by atoms with Crippen LogP contribution in [0.15, 0.2) is 0 Å². The molecule has 1 atom stereocenters. The maximum atomic E-state index is 8.17. The summed E-state index contributed by atoms with van der Waals surface area (Å²) >= 11 is 0. The van der Waals surface area contributed by atoms with Crippen molar-refractivity contribution in [2.75, 3.05) is 13.1 Å². The van der Waals surface area contributed by atoms with Gasteiger partial charge in [-0.05, 0) is 25.9 Å². The second-order valence-electron chi connectivity index (χ2n) is 1.46. The van der Waals surface area contributed by atoms with E-state index < -0.39 is 0 Å². The zero-order chi connectivity index (χ0) is 5.54. The predicted octanol–water partition coefficient (Wildman–Crippen LogP) is 0.577. The van der Waals surface area contributed by atoms with Crippen LogP contribution in [0, 0.1) is 0 Å². The molecule has 1 unspecified atom stereocenters. The maximum Gasteiger partial charge on any atom is 0.310 e. The topological polar surface area (TPSA) is 29.1 Å². The summed E-state index contributed by atoms with van der Waals surface area (Å²) in [4.78, 5) is 0. The Labute approximate surface area is 45.9 Å². The van der Waals surface area contributed by atoms with Crippen molar-refractivity contribution >= 4 is 9.12 Å². The first kappa shape index (κ1) is 7.06.